The highest BCUT2D eigenvalue weighted by atomic mass is 19.4. The second-order valence-corrected chi connectivity index (χ2v) is 12.0. The van der Waals surface area contributed by atoms with Crippen molar-refractivity contribution in [2.75, 3.05) is 24.5 Å². The number of rotatable bonds is 6. The lowest BCUT2D eigenvalue weighted by molar-refractivity contribution is -0.0911. The maximum atomic E-state index is 14.3. The molecule has 9 heteroatoms. The molecule has 1 saturated heterocycles. The van der Waals surface area contributed by atoms with Gasteiger partial charge in [-0.15, -0.1) is 10.2 Å². The number of hydrogen-bond acceptors (Lipinski definition) is 5. The van der Waals surface area contributed by atoms with Crippen LogP contribution in [0, 0.1) is 11.3 Å². The van der Waals surface area contributed by atoms with E-state index in [1.54, 1.807) is 22.3 Å². The molecule has 1 atom stereocenters. The Morgan fingerprint density at radius 1 is 1.10 bits per heavy atom. The molecular formula is C30H33F3N6. The van der Waals surface area contributed by atoms with Crippen LogP contribution in [0.3, 0.4) is 0 Å². The first-order chi connectivity index (χ1) is 18.7. The number of anilines is 1. The Kier molecular flexibility index (Phi) is 5.60. The Bertz CT molecular complexity index is 1400. The minimum Gasteiger partial charge on any atom is -0.320 e. The van der Waals surface area contributed by atoms with Crippen molar-refractivity contribution >= 4 is 5.69 Å². The molecule has 7 rings (SSSR count). The maximum Gasteiger partial charge on any atom is 0.418 e. The molecule has 39 heavy (non-hydrogen) atoms. The van der Waals surface area contributed by atoms with Gasteiger partial charge in [-0.2, -0.15) is 13.2 Å². The Morgan fingerprint density at radius 2 is 1.90 bits per heavy atom. The first kappa shape index (κ1) is 24.7. The number of fused-ring (bicyclic) bond motifs is 1. The van der Waals surface area contributed by atoms with E-state index in [4.69, 9.17) is 0 Å². The van der Waals surface area contributed by atoms with Crippen LogP contribution in [0.4, 0.5) is 18.9 Å². The molecule has 2 aliphatic carbocycles. The highest BCUT2D eigenvalue weighted by Gasteiger charge is 2.48. The Balaban J connectivity index is 1.19. The molecule has 0 amide bonds. The molecule has 1 aromatic carbocycles. The van der Waals surface area contributed by atoms with Crippen LogP contribution >= 0.6 is 0 Å². The highest BCUT2D eigenvalue weighted by molar-refractivity contribution is 5.64. The summed E-state index contributed by atoms with van der Waals surface area (Å²) in [5.41, 5.74) is 2.47. The van der Waals surface area contributed by atoms with Gasteiger partial charge < -0.3 is 14.4 Å². The van der Waals surface area contributed by atoms with Crippen molar-refractivity contribution < 1.29 is 13.2 Å². The zero-order valence-electron chi connectivity index (χ0n) is 22.2. The normalized spacial score (nSPS) is 23.5. The third-order valence-electron chi connectivity index (χ3n) is 9.36. The fourth-order valence-electron chi connectivity index (χ4n) is 6.97. The van der Waals surface area contributed by atoms with Gasteiger partial charge in [-0.3, -0.25) is 4.90 Å². The van der Waals surface area contributed by atoms with Crippen molar-refractivity contribution in [3.63, 3.8) is 0 Å². The molecule has 3 fully saturated rings. The lowest BCUT2D eigenvalue weighted by Crippen LogP contribution is -2.59. The minimum absolute atomic E-state index is 0.0879. The quantitative estimate of drug-likeness (QED) is 0.451. The molecule has 1 unspecified atom stereocenters. The maximum absolute atomic E-state index is 14.3. The third kappa shape index (κ3) is 4.13. The van der Waals surface area contributed by atoms with Gasteiger partial charge >= 0.3 is 6.18 Å². The van der Waals surface area contributed by atoms with Gasteiger partial charge in [0, 0.05) is 50.7 Å². The average Bonchev–Trinajstić information content (AvgIpc) is 3.39. The van der Waals surface area contributed by atoms with Crippen LogP contribution in [0.2, 0.25) is 0 Å². The molecule has 204 valence electrons. The molecule has 0 N–H and O–H groups in total. The van der Waals surface area contributed by atoms with Gasteiger partial charge in [-0.05, 0) is 66.4 Å². The van der Waals surface area contributed by atoms with E-state index in [1.807, 2.05) is 29.9 Å². The van der Waals surface area contributed by atoms with Crippen molar-refractivity contribution in [3.05, 3.63) is 89.7 Å². The van der Waals surface area contributed by atoms with Crippen LogP contribution in [0.5, 0.6) is 0 Å². The van der Waals surface area contributed by atoms with Crippen LogP contribution in [0.1, 0.15) is 55.8 Å². The number of benzene rings is 1. The molecule has 4 heterocycles. The number of likely N-dealkylation sites (tertiary alicyclic amines) is 1. The molecule has 5 aliphatic rings. The number of hydrogen-bond donors (Lipinski definition) is 0. The number of aromatic nitrogens is 3. The zero-order chi connectivity index (χ0) is 26.9. The Hall–Kier alpha value is -3.33. The first-order valence-electron chi connectivity index (χ1n) is 13.9. The summed E-state index contributed by atoms with van der Waals surface area (Å²) in [6.45, 7) is 6.71. The Labute approximate surface area is 226 Å². The summed E-state index contributed by atoms with van der Waals surface area (Å²) >= 11 is 0. The van der Waals surface area contributed by atoms with E-state index in [0.717, 1.165) is 43.0 Å². The van der Waals surface area contributed by atoms with E-state index in [-0.39, 0.29) is 11.6 Å². The molecular weight excluding hydrogens is 501 g/mol. The van der Waals surface area contributed by atoms with Crippen LogP contribution < -0.4 is 4.90 Å². The van der Waals surface area contributed by atoms with Crippen LogP contribution in [-0.2, 0) is 7.05 Å². The van der Waals surface area contributed by atoms with Gasteiger partial charge in [-0.25, -0.2) is 0 Å². The SMILES string of the molecule is C=C1N2C=C(CN3CC4(CCC4)C3)C=C(C(F)(F)F)C2=CN1c1cccc(C(c2nncn2C)C2CCC2)c1. The summed E-state index contributed by atoms with van der Waals surface area (Å²) in [5, 5.41) is 8.52. The van der Waals surface area contributed by atoms with E-state index < -0.39 is 11.7 Å². The topological polar surface area (TPSA) is 40.4 Å². The van der Waals surface area contributed by atoms with Crippen LogP contribution in [0.15, 0.2) is 78.3 Å². The predicted octanol–water partition coefficient (Wildman–Crippen LogP) is 6.05. The van der Waals surface area contributed by atoms with Crippen molar-refractivity contribution in [3.8, 4) is 0 Å². The Morgan fingerprint density at radius 3 is 2.51 bits per heavy atom. The third-order valence-corrected chi connectivity index (χ3v) is 9.36. The van der Waals surface area contributed by atoms with Gasteiger partial charge in [0.25, 0.3) is 0 Å². The number of alkyl halides is 3. The fraction of sp³-hybridized carbons (Fsp3) is 0.467. The van der Waals surface area contributed by atoms with Crippen molar-refractivity contribution in [1.29, 1.82) is 0 Å². The standard InChI is InChI=1S/C30H33F3N6/c1-20-38(24-9-4-8-23(13-24)27(22-6-3-7-22)28-35-34-19-36(28)2)16-26-25(30(31,32)33)12-21(15-39(20)26)14-37-17-29(18-37)10-5-11-29/h4,8-9,12-13,15-16,19,22,27H,1,3,5-7,10-11,14,17-18H2,2H3. The summed E-state index contributed by atoms with van der Waals surface area (Å²) in [7, 11) is 1.96. The summed E-state index contributed by atoms with van der Waals surface area (Å²) in [4.78, 5) is 5.65. The number of aryl methyl sites for hydroxylation is 1. The van der Waals surface area contributed by atoms with Gasteiger partial charge in [0.15, 0.2) is 0 Å². The van der Waals surface area contributed by atoms with Crippen LogP contribution in [-0.4, -0.2) is 50.4 Å². The summed E-state index contributed by atoms with van der Waals surface area (Å²) in [5.74, 6) is 1.97. The summed E-state index contributed by atoms with van der Waals surface area (Å²) in [6.07, 6.45) is 9.18. The van der Waals surface area contributed by atoms with E-state index in [0.29, 0.717) is 29.3 Å². The second-order valence-electron chi connectivity index (χ2n) is 12.0. The summed E-state index contributed by atoms with van der Waals surface area (Å²) < 4.78 is 44.8. The number of nitrogens with zero attached hydrogens (tertiary/aromatic N) is 6. The monoisotopic (exact) mass is 534 g/mol. The van der Waals surface area contributed by atoms with Gasteiger partial charge in [0.2, 0.25) is 0 Å². The molecule has 2 saturated carbocycles. The molecule has 3 aliphatic heterocycles. The summed E-state index contributed by atoms with van der Waals surface area (Å²) in [6, 6.07) is 8.05. The largest absolute Gasteiger partial charge is 0.418 e. The highest BCUT2D eigenvalue weighted by Crippen LogP contribution is 2.49. The lowest BCUT2D eigenvalue weighted by Gasteiger charge is -2.56. The van der Waals surface area contributed by atoms with Gasteiger partial charge in [0.1, 0.15) is 18.0 Å². The molecule has 0 radical (unpaired) electrons. The molecule has 1 aromatic heterocycles. The van der Waals surface area contributed by atoms with E-state index in [2.05, 4.69) is 33.8 Å². The van der Waals surface area contributed by atoms with Crippen molar-refractivity contribution in [1.82, 2.24) is 24.6 Å². The zero-order valence-corrected chi connectivity index (χ0v) is 22.2. The van der Waals surface area contributed by atoms with E-state index in [1.165, 1.54) is 31.8 Å². The predicted molar refractivity (Wildman–Crippen MR) is 143 cm³/mol. The van der Waals surface area contributed by atoms with Crippen LogP contribution in [0.25, 0.3) is 0 Å². The van der Waals surface area contributed by atoms with E-state index in [9.17, 15) is 13.2 Å². The fourth-order valence-corrected chi connectivity index (χ4v) is 6.97. The van der Waals surface area contributed by atoms with Gasteiger partial charge in [0.05, 0.1) is 11.3 Å². The first-order valence-corrected chi connectivity index (χ1v) is 13.9. The molecule has 6 nitrogen and oxygen atoms in total. The average molecular weight is 535 g/mol. The molecule has 2 aromatic rings. The number of allylic oxidation sites excluding steroid dienone is 1. The smallest absolute Gasteiger partial charge is 0.320 e. The van der Waals surface area contributed by atoms with Gasteiger partial charge in [-0.1, -0.05) is 31.6 Å². The second kappa shape index (κ2) is 8.84. The lowest BCUT2D eigenvalue weighted by atomic mass is 9.63. The molecule has 0 bridgehead atoms. The van der Waals surface area contributed by atoms with E-state index >= 15 is 0 Å². The van der Waals surface area contributed by atoms with Crippen molar-refractivity contribution in [2.45, 2.75) is 50.6 Å². The minimum atomic E-state index is -4.47. The number of halogens is 3. The molecule has 1 spiro atoms. The van der Waals surface area contributed by atoms with Crippen molar-refractivity contribution in [2.24, 2.45) is 18.4 Å².